The number of amides is 1. The third-order valence-electron chi connectivity index (χ3n) is 7.54. The topological polar surface area (TPSA) is 79.2 Å². The number of methoxy groups -OCH3 is 1. The quantitative estimate of drug-likeness (QED) is 0.754. The molecular formula is C25H31NO5. The van der Waals surface area contributed by atoms with E-state index < -0.39 is 17.6 Å². The zero-order valence-corrected chi connectivity index (χ0v) is 18.5. The first-order valence-electron chi connectivity index (χ1n) is 10.8. The molecule has 1 fully saturated rings. The summed E-state index contributed by atoms with van der Waals surface area (Å²) in [7, 11) is 1.62. The third-order valence-corrected chi connectivity index (χ3v) is 7.54. The molecule has 0 saturated carbocycles. The van der Waals surface area contributed by atoms with Crippen molar-refractivity contribution in [2.24, 2.45) is 5.41 Å². The van der Waals surface area contributed by atoms with Crippen molar-refractivity contribution in [1.82, 2.24) is 4.90 Å². The summed E-state index contributed by atoms with van der Waals surface area (Å²) in [5.41, 5.74) is 2.95. The maximum absolute atomic E-state index is 11.8. The highest BCUT2D eigenvalue weighted by Crippen LogP contribution is 2.50. The van der Waals surface area contributed by atoms with Crippen LogP contribution in [0.1, 0.15) is 43.4 Å². The molecule has 1 saturated heterocycles. The summed E-state index contributed by atoms with van der Waals surface area (Å²) < 4.78 is 11.9. The molecule has 6 nitrogen and oxygen atoms in total. The van der Waals surface area contributed by atoms with E-state index >= 15 is 0 Å². The Labute approximate surface area is 183 Å². The number of hydrogen-bond donors (Lipinski definition) is 2. The molecule has 1 amide bonds. The molecular weight excluding hydrogens is 394 g/mol. The number of hydrogen-bond acceptors (Lipinski definition) is 4. The Kier molecular flexibility index (Phi) is 5.60. The minimum Gasteiger partial charge on any atom is -0.493 e. The van der Waals surface area contributed by atoms with Gasteiger partial charge < -0.3 is 24.6 Å². The molecule has 6 heteroatoms. The highest BCUT2D eigenvalue weighted by Gasteiger charge is 2.53. The van der Waals surface area contributed by atoms with Crippen molar-refractivity contribution in [3.8, 4) is 11.5 Å². The molecule has 0 bridgehead atoms. The fourth-order valence-electron chi connectivity index (χ4n) is 5.31. The van der Waals surface area contributed by atoms with Crippen molar-refractivity contribution in [1.29, 1.82) is 0 Å². The van der Waals surface area contributed by atoms with E-state index in [0.29, 0.717) is 18.0 Å². The number of aliphatic hydroxyl groups is 1. The summed E-state index contributed by atoms with van der Waals surface area (Å²) in [6, 6.07) is 13.9. The summed E-state index contributed by atoms with van der Waals surface area (Å²) in [5.74, 6) is 1.15. The number of aliphatic hydroxyl groups excluding tert-OH is 1. The van der Waals surface area contributed by atoms with E-state index in [1.54, 1.807) is 14.0 Å². The molecule has 2 aliphatic rings. The molecule has 1 heterocycles. The van der Waals surface area contributed by atoms with E-state index in [-0.39, 0.29) is 18.1 Å². The standard InChI is InChI=1S/C25H31NO5/c1-15-25(3,16(2)27)21(14-26(15)24(28)29)19-9-10-22(30-4)23(13-19)31-20-11-17-7-5-6-8-18(17)12-20/h5-10,13,15-16,20-21,27H,11-12,14H2,1-4H3,(H,28,29)/t15?,16-,21+,25+/m1/s1. The fourth-order valence-corrected chi connectivity index (χ4v) is 5.31. The second-order valence-corrected chi connectivity index (χ2v) is 9.03. The van der Waals surface area contributed by atoms with Crippen LogP contribution in [0.2, 0.25) is 0 Å². The second kappa shape index (κ2) is 8.08. The lowest BCUT2D eigenvalue weighted by molar-refractivity contribution is 0.0204. The number of benzene rings is 2. The van der Waals surface area contributed by atoms with Crippen molar-refractivity contribution in [2.45, 2.75) is 57.8 Å². The van der Waals surface area contributed by atoms with Gasteiger partial charge in [0.05, 0.1) is 13.2 Å². The maximum Gasteiger partial charge on any atom is 0.407 e. The largest absolute Gasteiger partial charge is 0.493 e. The van der Waals surface area contributed by atoms with Crippen LogP contribution in [-0.2, 0) is 12.8 Å². The molecule has 1 aliphatic carbocycles. The number of likely N-dealkylation sites (tertiary alicyclic amines) is 1. The van der Waals surface area contributed by atoms with Crippen LogP contribution < -0.4 is 9.47 Å². The molecule has 2 aromatic carbocycles. The Morgan fingerprint density at radius 2 is 1.81 bits per heavy atom. The zero-order chi connectivity index (χ0) is 22.3. The normalized spacial score (nSPS) is 26.5. The molecule has 0 spiro atoms. The summed E-state index contributed by atoms with van der Waals surface area (Å²) >= 11 is 0. The van der Waals surface area contributed by atoms with Gasteiger partial charge in [0.15, 0.2) is 11.5 Å². The van der Waals surface area contributed by atoms with Gasteiger partial charge in [0.2, 0.25) is 0 Å². The van der Waals surface area contributed by atoms with Crippen LogP contribution in [0.3, 0.4) is 0 Å². The molecule has 1 aliphatic heterocycles. The van der Waals surface area contributed by atoms with Gasteiger partial charge in [-0.3, -0.25) is 0 Å². The van der Waals surface area contributed by atoms with Crippen LogP contribution in [0, 0.1) is 5.41 Å². The first-order valence-corrected chi connectivity index (χ1v) is 10.8. The van der Waals surface area contributed by atoms with Crippen LogP contribution in [0.5, 0.6) is 11.5 Å². The van der Waals surface area contributed by atoms with Crippen molar-refractivity contribution in [3.05, 3.63) is 59.2 Å². The molecule has 2 aromatic rings. The number of nitrogens with zero attached hydrogens (tertiary/aromatic N) is 1. The van der Waals surface area contributed by atoms with Crippen molar-refractivity contribution in [3.63, 3.8) is 0 Å². The van der Waals surface area contributed by atoms with Gasteiger partial charge in [0, 0.05) is 36.8 Å². The SMILES string of the molecule is COc1ccc([C@@H]2CN(C(=O)O)C(C)[C@@]2(C)[C@@H](C)O)cc1OC1Cc2ccccc2C1. The van der Waals surface area contributed by atoms with Crippen LogP contribution in [0.25, 0.3) is 0 Å². The Bertz CT molecular complexity index is 949. The predicted octanol–water partition coefficient (Wildman–Crippen LogP) is 4.09. The number of carbonyl (C=O) groups is 1. The lowest BCUT2D eigenvalue weighted by Gasteiger charge is -2.38. The number of fused-ring (bicyclic) bond motifs is 1. The minimum absolute atomic E-state index is 0.0303. The monoisotopic (exact) mass is 425 g/mol. The van der Waals surface area contributed by atoms with Crippen LogP contribution in [0.15, 0.2) is 42.5 Å². The molecule has 1 unspecified atom stereocenters. The molecule has 2 N–H and O–H groups in total. The summed E-state index contributed by atoms with van der Waals surface area (Å²) in [5, 5.41) is 20.3. The van der Waals surface area contributed by atoms with Gasteiger partial charge in [-0.25, -0.2) is 4.79 Å². The van der Waals surface area contributed by atoms with Gasteiger partial charge in [-0.05, 0) is 42.7 Å². The Hall–Kier alpha value is -2.73. The number of carboxylic acid groups (broad SMARTS) is 1. The molecule has 4 rings (SSSR count). The van der Waals surface area contributed by atoms with Crippen molar-refractivity contribution >= 4 is 6.09 Å². The molecule has 0 radical (unpaired) electrons. The van der Waals surface area contributed by atoms with Gasteiger partial charge in [-0.15, -0.1) is 0 Å². The number of ether oxygens (including phenoxy) is 2. The van der Waals surface area contributed by atoms with E-state index in [1.807, 2.05) is 32.0 Å². The van der Waals surface area contributed by atoms with Gasteiger partial charge in [0.25, 0.3) is 0 Å². The van der Waals surface area contributed by atoms with E-state index in [2.05, 4.69) is 24.3 Å². The summed E-state index contributed by atoms with van der Waals surface area (Å²) in [4.78, 5) is 13.2. The van der Waals surface area contributed by atoms with Crippen LogP contribution in [0.4, 0.5) is 4.79 Å². The van der Waals surface area contributed by atoms with E-state index in [4.69, 9.17) is 9.47 Å². The second-order valence-electron chi connectivity index (χ2n) is 9.03. The van der Waals surface area contributed by atoms with Crippen molar-refractivity contribution < 1.29 is 24.5 Å². The molecule has 0 aromatic heterocycles. The fraction of sp³-hybridized carbons (Fsp3) is 0.480. The van der Waals surface area contributed by atoms with E-state index in [0.717, 1.165) is 18.4 Å². The lowest BCUT2D eigenvalue weighted by Crippen LogP contribution is -2.45. The van der Waals surface area contributed by atoms with Crippen LogP contribution >= 0.6 is 0 Å². The lowest BCUT2D eigenvalue weighted by atomic mass is 9.69. The van der Waals surface area contributed by atoms with Crippen LogP contribution in [-0.4, -0.2) is 53.1 Å². The van der Waals surface area contributed by atoms with E-state index in [9.17, 15) is 15.0 Å². The summed E-state index contributed by atoms with van der Waals surface area (Å²) in [6.07, 6.45) is 0.0932. The van der Waals surface area contributed by atoms with Gasteiger partial charge in [0.1, 0.15) is 6.10 Å². The minimum atomic E-state index is -0.962. The average molecular weight is 426 g/mol. The highest BCUT2D eigenvalue weighted by atomic mass is 16.5. The average Bonchev–Trinajstić information content (AvgIpc) is 3.27. The molecule has 4 atom stereocenters. The number of rotatable bonds is 5. The van der Waals surface area contributed by atoms with Crippen molar-refractivity contribution in [2.75, 3.05) is 13.7 Å². The van der Waals surface area contributed by atoms with E-state index in [1.165, 1.54) is 16.0 Å². The van der Waals surface area contributed by atoms with Gasteiger partial charge in [-0.2, -0.15) is 0 Å². The first-order chi connectivity index (χ1) is 14.8. The first kappa shape index (κ1) is 21.5. The Morgan fingerprint density at radius 1 is 1.16 bits per heavy atom. The Morgan fingerprint density at radius 3 is 2.35 bits per heavy atom. The Balaban J connectivity index is 1.65. The van der Waals surface area contributed by atoms with Gasteiger partial charge in [-0.1, -0.05) is 37.3 Å². The summed E-state index contributed by atoms with van der Waals surface area (Å²) in [6.45, 7) is 5.91. The maximum atomic E-state index is 11.8. The highest BCUT2D eigenvalue weighted by molar-refractivity contribution is 5.66. The predicted molar refractivity (Wildman–Crippen MR) is 118 cm³/mol. The molecule has 31 heavy (non-hydrogen) atoms. The zero-order valence-electron chi connectivity index (χ0n) is 18.5. The smallest absolute Gasteiger partial charge is 0.407 e. The third kappa shape index (κ3) is 3.63. The van der Waals surface area contributed by atoms with Gasteiger partial charge >= 0.3 is 6.09 Å². The molecule has 166 valence electrons.